The van der Waals surface area contributed by atoms with E-state index in [1.54, 1.807) is 0 Å². The first kappa shape index (κ1) is 8.70. The predicted octanol–water partition coefficient (Wildman–Crippen LogP) is 2.09. The smallest absolute Gasteiger partial charge is 0.314 e. The van der Waals surface area contributed by atoms with E-state index in [4.69, 9.17) is 4.11 Å². The Morgan fingerprint density at radius 3 is 2.94 bits per heavy atom. The number of methoxy groups -OCH3 is 1. The van der Waals surface area contributed by atoms with Gasteiger partial charge in [0.25, 0.3) is 0 Å². The lowest BCUT2D eigenvalue weighted by Crippen LogP contribution is -2.42. The molecule has 1 N–H and O–H groups in total. The van der Waals surface area contributed by atoms with Crippen molar-refractivity contribution in [3.63, 3.8) is 0 Å². The van der Waals surface area contributed by atoms with Gasteiger partial charge >= 0.3 is 5.97 Å². The quantitative estimate of drug-likeness (QED) is 0.646. The van der Waals surface area contributed by atoms with Crippen LogP contribution in [0, 0.1) is 0 Å². The van der Waals surface area contributed by atoms with E-state index in [0.29, 0.717) is 0 Å². The Morgan fingerprint density at radius 1 is 1.47 bits per heavy atom. The monoisotopic (exact) mass is 237 g/mol. The average Bonchev–Trinajstić information content (AvgIpc) is 2.39. The standard InChI is InChI=1S/C14H19NO2/c1-17-14(16)13(11-7-3-2-4-8-11)12-9-5-6-10-15-12/h2-4,7-8,12-13,15H,5-6,9-10H2,1H3/t12-,13-/m0/s1/i1+1D3. The molecule has 2 rings (SSSR count). The molecule has 2 atom stereocenters. The normalized spacial score (nSPS) is 25.2. The second-order valence-electron chi connectivity index (χ2n) is 4.37. The largest absolute Gasteiger partial charge is 0.469 e. The minimum atomic E-state index is -2.70. The number of rotatable bonds is 3. The summed E-state index contributed by atoms with van der Waals surface area (Å²) in [5, 5.41) is 3.30. The van der Waals surface area contributed by atoms with Crippen LogP contribution >= 0.6 is 0 Å². The first-order valence-electron chi connectivity index (χ1n) is 7.48. The molecule has 0 radical (unpaired) electrons. The van der Waals surface area contributed by atoms with Crippen LogP contribution in [0.2, 0.25) is 0 Å². The Hall–Kier alpha value is -1.35. The van der Waals surface area contributed by atoms with Crippen molar-refractivity contribution in [1.82, 2.24) is 5.32 Å². The molecule has 92 valence electrons. The fourth-order valence-corrected chi connectivity index (χ4v) is 2.42. The summed E-state index contributed by atoms with van der Waals surface area (Å²) >= 11 is 0. The number of esters is 1. The molecule has 3 nitrogen and oxygen atoms in total. The van der Waals surface area contributed by atoms with Gasteiger partial charge in [-0.3, -0.25) is 4.79 Å². The molecule has 1 saturated heterocycles. The highest BCUT2D eigenvalue weighted by molar-refractivity contribution is 5.79. The first-order valence-corrected chi connectivity index (χ1v) is 5.98. The van der Waals surface area contributed by atoms with Crippen LogP contribution in [-0.4, -0.2) is 25.6 Å². The van der Waals surface area contributed by atoms with Gasteiger partial charge in [-0.25, -0.2) is 0 Å². The van der Waals surface area contributed by atoms with Crippen molar-refractivity contribution in [1.29, 1.82) is 0 Å². The molecule has 1 aliphatic heterocycles. The topological polar surface area (TPSA) is 38.3 Å². The third kappa shape index (κ3) is 2.86. The average molecular weight is 237 g/mol. The Labute approximate surface area is 106 Å². The molecule has 1 aromatic rings. The van der Waals surface area contributed by atoms with Crippen LogP contribution in [0.15, 0.2) is 30.3 Å². The van der Waals surface area contributed by atoms with Crippen LogP contribution in [0.3, 0.4) is 0 Å². The van der Waals surface area contributed by atoms with E-state index in [0.717, 1.165) is 31.4 Å². The van der Waals surface area contributed by atoms with E-state index in [9.17, 15) is 4.79 Å². The van der Waals surface area contributed by atoms with Gasteiger partial charge in [0.15, 0.2) is 0 Å². The number of carbonyl (C=O) groups excluding carboxylic acids is 1. The van der Waals surface area contributed by atoms with Crippen LogP contribution in [0.25, 0.3) is 0 Å². The van der Waals surface area contributed by atoms with E-state index < -0.39 is 18.9 Å². The van der Waals surface area contributed by atoms with Crippen molar-refractivity contribution in [2.75, 3.05) is 13.6 Å². The SMILES string of the molecule is [2H][13C]([2H])([2H])OC(=O)[C@@H](c1ccccc1)[C@@H]1CCCCN1. The highest BCUT2D eigenvalue weighted by atomic mass is 16.6. The zero-order valence-electron chi connectivity index (χ0n) is 12.7. The number of benzene rings is 1. The number of nitrogens with one attached hydrogen (secondary N) is 1. The predicted molar refractivity (Wildman–Crippen MR) is 66.8 cm³/mol. The van der Waals surface area contributed by atoms with E-state index >= 15 is 0 Å². The molecule has 1 heterocycles. The van der Waals surface area contributed by atoms with Gasteiger partial charge in [-0.05, 0) is 24.9 Å². The molecular formula is C14H19NO2. The molecule has 0 bridgehead atoms. The number of hydrogen-bond acceptors (Lipinski definition) is 3. The molecule has 1 fully saturated rings. The van der Waals surface area contributed by atoms with E-state index in [-0.39, 0.29) is 6.04 Å². The Kier molecular flexibility index (Phi) is 2.98. The minimum absolute atomic E-state index is 0.0685. The minimum Gasteiger partial charge on any atom is -0.469 e. The van der Waals surface area contributed by atoms with Crippen molar-refractivity contribution in [2.45, 2.75) is 31.2 Å². The highest BCUT2D eigenvalue weighted by Gasteiger charge is 2.31. The van der Waals surface area contributed by atoms with E-state index in [2.05, 4.69) is 10.1 Å². The van der Waals surface area contributed by atoms with Gasteiger partial charge in [0.2, 0.25) is 0 Å². The van der Waals surface area contributed by atoms with Crippen molar-refractivity contribution in [3.05, 3.63) is 35.9 Å². The number of piperidine rings is 1. The lowest BCUT2D eigenvalue weighted by Gasteiger charge is -2.29. The van der Waals surface area contributed by atoms with Crippen molar-refractivity contribution >= 4 is 5.97 Å². The third-order valence-corrected chi connectivity index (χ3v) is 3.26. The molecule has 1 aliphatic rings. The Bertz CT molecular complexity index is 441. The first-order chi connectivity index (χ1) is 9.47. The van der Waals surface area contributed by atoms with Crippen LogP contribution in [-0.2, 0) is 9.53 Å². The van der Waals surface area contributed by atoms with E-state index in [1.807, 2.05) is 30.3 Å². The van der Waals surface area contributed by atoms with Crippen molar-refractivity contribution < 1.29 is 13.6 Å². The summed E-state index contributed by atoms with van der Waals surface area (Å²) in [5.74, 6) is -1.26. The summed E-state index contributed by atoms with van der Waals surface area (Å²) in [5.41, 5.74) is 0.793. The maximum Gasteiger partial charge on any atom is 0.314 e. The molecule has 0 aromatic heterocycles. The molecule has 0 saturated carbocycles. The summed E-state index contributed by atoms with van der Waals surface area (Å²) in [6, 6.07) is 9.15. The molecule has 17 heavy (non-hydrogen) atoms. The molecular weight excluding hydrogens is 215 g/mol. The maximum absolute atomic E-state index is 12.2. The zero-order valence-corrected chi connectivity index (χ0v) is 9.69. The molecule has 0 unspecified atom stereocenters. The number of hydrogen-bond donors (Lipinski definition) is 1. The Morgan fingerprint density at radius 2 is 2.29 bits per heavy atom. The lowest BCUT2D eigenvalue weighted by molar-refractivity contribution is -0.143. The molecule has 3 heteroatoms. The second-order valence-corrected chi connectivity index (χ2v) is 4.37. The molecule has 1 aromatic carbocycles. The fraction of sp³-hybridized carbons (Fsp3) is 0.500. The van der Waals surface area contributed by atoms with Crippen molar-refractivity contribution in [3.8, 4) is 0 Å². The van der Waals surface area contributed by atoms with Crippen LogP contribution < -0.4 is 5.32 Å². The van der Waals surface area contributed by atoms with Gasteiger partial charge in [-0.15, -0.1) is 0 Å². The van der Waals surface area contributed by atoms with Gasteiger partial charge in [0, 0.05) is 6.04 Å². The molecule has 0 spiro atoms. The van der Waals surface area contributed by atoms with Gasteiger partial charge in [0.1, 0.15) is 0 Å². The molecule has 0 amide bonds. The summed E-state index contributed by atoms with van der Waals surface area (Å²) in [6.07, 6.45) is 2.95. The van der Waals surface area contributed by atoms with Gasteiger partial charge in [-0.2, -0.15) is 0 Å². The molecule has 0 aliphatic carbocycles. The van der Waals surface area contributed by atoms with Gasteiger partial charge < -0.3 is 10.1 Å². The second kappa shape index (κ2) is 5.82. The maximum atomic E-state index is 12.2. The summed E-state index contributed by atoms with van der Waals surface area (Å²) in [7, 11) is -2.70. The number of carbonyl (C=O) groups is 1. The lowest BCUT2D eigenvalue weighted by atomic mass is 9.86. The van der Waals surface area contributed by atoms with Crippen LogP contribution in [0.1, 0.15) is 34.9 Å². The van der Waals surface area contributed by atoms with Gasteiger partial charge in [0.05, 0.1) is 17.1 Å². The summed E-state index contributed by atoms with van der Waals surface area (Å²) < 4.78 is 25.9. The van der Waals surface area contributed by atoms with Crippen LogP contribution in [0.4, 0.5) is 0 Å². The van der Waals surface area contributed by atoms with Gasteiger partial charge in [-0.1, -0.05) is 36.8 Å². The van der Waals surface area contributed by atoms with Crippen molar-refractivity contribution in [2.24, 2.45) is 0 Å². The fourth-order valence-electron chi connectivity index (χ4n) is 2.42. The Balaban J connectivity index is 2.22. The van der Waals surface area contributed by atoms with Crippen LogP contribution in [0.5, 0.6) is 0 Å². The summed E-state index contributed by atoms with van der Waals surface area (Å²) in [4.78, 5) is 12.2. The van der Waals surface area contributed by atoms with E-state index in [1.165, 1.54) is 0 Å². The third-order valence-electron chi connectivity index (χ3n) is 3.26. The highest BCUT2D eigenvalue weighted by Crippen LogP contribution is 2.26. The summed E-state index contributed by atoms with van der Waals surface area (Å²) in [6.45, 7) is 0.842. The zero-order chi connectivity index (χ0) is 14.6. The number of ether oxygens (including phenoxy) is 1.